The summed E-state index contributed by atoms with van der Waals surface area (Å²) in [5, 5.41) is 11.6. The number of aromatic amines is 1. The van der Waals surface area contributed by atoms with Crippen LogP contribution in [0.3, 0.4) is 0 Å². The monoisotopic (exact) mass is 445 g/mol. The number of halogens is 2. The molecule has 0 saturated heterocycles. The minimum absolute atomic E-state index is 0.222. The Balaban J connectivity index is 1.90. The molecule has 2 aromatic heterocycles. The Hall–Kier alpha value is -2.48. The number of hydrogen-bond donors (Lipinski definition) is 1. The van der Waals surface area contributed by atoms with E-state index in [2.05, 4.69) is 45.1 Å². The number of amides is 1. The van der Waals surface area contributed by atoms with Crippen molar-refractivity contribution in [3.63, 3.8) is 0 Å². The molecule has 1 aliphatic heterocycles. The molecule has 0 radical (unpaired) electrons. The molecule has 0 bridgehead atoms. The molecule has 0 fully saturated rings. The van der Waals surface area contributed by atoms with Crippen molar-refractivity contribution in [2.24, 2.45) is 5.92 Å². The third-order valence-electron chi connectivity index (χ3n) is 4.93. The van der Waals surface area contributed by atoms with Crippen LogP contribution in [0.5, 0.6) is 0 Å². The molecule has 1 N–H and O–H groups in total. The maximum absolute atomic E-state index is 15.0. The summed E-state index contributed by atoms with van der Waals surface area (Å²) in [5.74, 6) is -0.236. The standard InChI is InChI=1S/C20H21BrFN5O/c1-4-26-10-13(9-23-26)27-19(14-6-5-12(21)8-15(14)22)17-16(7-11(2)3)24-25-18(17)20(27)28/h5-6,8-11,19H,4,7H2,1-3H3,(H,24,25). The van der Waals surface area contributed by atoms with Crippen LogP contribution in [0.25, 0.3) is 0 Å². The van der Waals surface area contributed by atoms with Crippen LogP contribution in [-0.4, -0.2) is 25.9 Å². The Kier molecular flexibility index (Phi) is 4.82. The molecular formula is C20H21BrFN5O. The molecule has 1 aromatic carbocycles. The lowest BCUT2D eigenvalue weighted by atomic mass is 9.95. The van der Waals surface area contributed by atoms with Gasteiger partial charge in [0.25, 0.3) is 5.91 Å². The predicted molar refractivity (Wildman–Crippen MR) is 108 cm³/mol. The molecule has 3 heterocycles. The number of anilines is 1. The summed E-state index contributed by atoms with van der Waals surface area (Å²) in [6.07, 6.45) is 4.16. The third-order valence-corrected chi connectivity index (χ3v) is 5.42. The van der Waals surface area contributed by atoms with Crippen LogP contribution in [0, 0.1) is 11.7 Å². The SMILES string of the molecule is CCn1cc(N2C(=O)c3[nH]nc(CC(C)C)c3C2c2ccc(Br)cc2F)cn1. The Morgan fingerprint density at radius 1 is 1.36 bits per heavy atom. The summed E-state index contributed by atoms with van der Waals surface area (Å²) in [4.78, 5) is 14.9. The number of nitrogens with one attached hydrogen (secondary N) is 1. The van der Waals surface area contributed by atoms with E-state index in [0.29, 0.717) is 40.3 Å². The molecule has 1 atom stereocenters. The molecule has 146 valence electrons. The molecule has 4 rings (SSSR count). The van der Waals surface area contributed by atoms with Gasteiger partial charge in [-0.25, -0.2) is 4.39 Å². The van der Waals surface area contributed by atoms with Crippen molar-refractivity contribution < 1.29 is 9.18 Å². The third kappa shape index (κ3) is 3.05. The number of fused-ring (bicyclic) bond motifs is 1. The zero-order valence-electron chi connectivity index (χ0n) is 15.9. The molecule has 8 heteroatoms. The molecule has 28 heavy (non-hydrogen) atoms. The quantitative estimate of drug-likeness (QED) is 0.629. The molecule has 0 aliphatic carbocycles. The summed E-state index contributed by atoms with van der Waals surface area (Å²) in [6, 6.07) is 4.35. The fraction of sp³-hybridized carbons (Fsp3) is 0.350. The van der Waals surface area contributed by atoms with Crippen LogP contribution < -0.4 is 4.90 Å². The summed E-state index contributed by atoms with van der Waals surface area (Å²) >= 11 is 3.31. The van der Waals surface area contributed by atoms with E-state index in [1.54, 1.807) is 27.9 Å². The minimum atomic E-state index is -0.586. The van der Waals surface area contributed by atoms with Crippen molar-refractivity contribution in [1.29, 1.82) is 0 Å². The molecule has 1 aliphatic rings. The normalized spacial score (nSPS) is 16.3. The molecule has 0 saturated carbocycles. The molecular weight excluding hydrogens is 425 g/mol. The van der Waals surface area contributed by atoms with Crippen molar-refractivity contribution in [2.75, 3.05) is 4.90 Å². The highest BCUT2D eigenvalue weighted by molar-refractivity contribution is 9.10. The summed E-state index contributed by atoms with van der Waals surface area (Å²) in [7, 11) is 0. The minimum Gasteiger partial charge on any atom is -0.292 e. The highest BCUT2D eigenvalue weighted by atomic mass is 79.9. The van der Waals surface area contributed by atoms with Crippen molar-refractivity contribution in [3.05, 3.63) is 63.4 Å². The fourth-order valence-electron chi connectivity index (χ4n) is 3.69. The van der Waals surface area contributed by atoms with Gasteiger partial charge in [-0.15, -0.1) is 0 Å². The number of rotatable bonds is 5. The van der Waals surface area contributed by atoms with Gasteiger partial charge in [-0.05, 0) is 31.4 Å². The van der Waals surface area contributed by atoms with Crippen molar-refractivity contribution in [1.82, 2.24) is 20.0 Å². The van der Waals surface area contributed by atoms with E-state index >= 15 is 0 Å². The van der Waals surface area contributed by atoms with Crippen LogP contribution in [-0.2, 0) is 13.0 Å². The van der Waals surface area contributed by atoms with Gasteiger partial charge in [0.1, 0.15) is 11.5 Å². The number of H-pyrrole nitrogens is 1. The highest BCUT2D eigenvalue weighted by Crippen LogP contribution is 2.43. The number of hydrogen-bond acceptors (Lipinski definition) is 3. The Morgan fingerprint density at radius 3 is 2.79 bits per heavy atom. The molecule has 1 unspecified atom stereocenters. The second kappa shape index (κ2) is 7.16. The van der Waals surface area contributed by atoms with Gasteiger partial charge >= 0.3 is 0 Å². The lowest BCUT2D eigenvalue weighted by molar-refractivity contribution is 0.0988. The Morgan fingerprint density at radius 2 is 2.14 bits per heavy atom. The van der Waals surface area contributed by atoms with E-state index in [9.17, 15) is 9.18 Å². The largest absolute Gasteiger partial charge is 0.292 e. The van der Waals surface area contributed by atoms with Gasteiger partial charge in [-0.3, -0.25) is 19.5 Å². The van der Waals surface area contributed by atoms with E-state index in [1.807, 2.05) is 13.1 Å². The number of carbonyl (C=O) groups excluding carboxylic acids is 1. The van der Waals surface area contributed by atoms with Gasteiger partial charge in [0.2, 0.25) is 0 Å². The van der Waals surface area contributed by atoms with Gasteiger partial charge in [-0.1, -0.05) is 35.8 Å². The maximum Gasteiger partial charge on any atom is 0.277 e. The summed E-state index contributed by atoms with van der Waals surface area (Å²) in [5.41, 5.74) is 3.05. The molecule has 3 aromatic rings. The van der Waals surface area contributed by atoms with Gasteiger partial charge in [0.15, 0.2) is 0 Å². The van der Waals surface area contributed by atoms with Crippen molar-refractivity contribution in [3.8, 4) is 0 Å². The lowest BCUT2D eigenvalue weighted by Gasteiger charge is -2.25. The topological polar surface area (TPSA) is 66.8 Å². The number of benzene rings is 1. The van der Waals surface area contributed by atoms with Crippen LogP contribution in [0.2, 0.25) is 0 Å². The second-order valence-electron chi connectivity index (χ2n) is 7.35. The van der Waals surface area contributed by atoms with Gasteiger partial charge in [0.05, 0.1) is 23.6 Å². The van der Waals surface area contributed by atoms with Crippen LogP contribution in [0.4, 0.5) is 10.1 Å². The first-order valence-electron chi connectivity index (χ1n) is 9.28. The van der Waals surface area contributed by atoms with E-state index < -0.39 is 6.04 Å². The lowest BCUT2D eigenvalue weighted by Crippen LogP contribution is -2.29. The molecule has 6 nitrogen and oxygen atoms in total. The summed E-state index contributed by atoms with van der Waals surface area (Å²) in [6.45, 7) is 6.85. The van der Waals surface area contributed by atoms with Gasteiger partial charge in [-0.2, -0.15) is 10.2 Å². The number of aryl methyl sites for hydroxylation is 1. The number of nitrogens with zero attached hydrogens (tertiary/aromatic N) is 4. The van der Waals surface area contributed by atoms with E-state index in [-0.39, 0.29) is 11.7 Å². The van der Waals surface area contributed by atoms with E-state index in [4.69, 9.17) is 0 Å². The first kappa shape index (κ1) is 18.9. The first-order chi connectivity index (χ1) is 13.4. The zero-order valence-corrected chi connectivity index (χ0v) is 17.5. The number of aromatic nitrogens is 4. The Bertz CT molecular complexity index is 1040. The van der Waals surface area contributed by atoms with Crippen LogP contribution in [0.1, 0.15) is 54.1 Å². The fourth-order valence-corrected chi connectivity index (χ4v) is 4.02. The number of carbonyl (C=O) groups is 1. The van der Waals surface area contributed by atoms with Crippen LogP contribution in [0.15, 0.2) is 35.1 Å². The summed E-state index contributed by atoms with van der Waals surface area (Å²) < 4.78 is 17.4. The predicted octanol–water partition coefficient (Wildman–Crippen LogP) is 4.48. The van der Waals surface area contributed by atoms with E-state index in [0.717, 1.165) is 11.3 Å². The maximum atomic E-state index is 15.0. The highest BCUT2D eigenvalue weighted by Gasteiger charge is 2.44. The average Bonchev–Trinajstić information content (AvgIpc) is 3.32. The second-order valence-corrected chi connectivity index (χ2v) is 8.27. The van der Waals surface area contributed by atoms with Crippen molar-refractivity contribution in [2.45, 2.75) is 39.8 Å². The van der Waals surface area contributed by atoms with Crippen LogP contribution >= 0.6 is 15.9 Å². The molecule has 1 amide bonds. The van der Waals surface area contributed by atoms with Crippen molar-refractivity contribution >= 4 is 27.5 Å². The first-order valence-corrected chi connectivity index (χ1v) is 10.1. The molecule has 0 spiro atoms. The van der Waals surface area contributed by atoms with Gasteiger partial charge < -0.3 is 0 Å². The zero-order chi connectivity index (χ0) is 20.0. The Labute approximate surface area is 170 Å². The average molecular weight is 446 g/mol. The smallest absolute Gasteiger partial charge is 0.277 e. The van der Waals surface area contributed by atoms with E-state index in [1.165, 1.54) is 6.07 Å². The van der Waals surface area contributed by atoms with Gasteiger partial charge in [0, 0.05) is 28.3 Å².